The zero-order valence-electron chi connectivity index (χ0n) is 21.5. The molecule has 2 rings (SSSR count). The molecule has 1 aromatic rings. The molecule has 178 valence electrons. The average Bonchev–Trinajstić information content (AvgIpc) is 2.77. The van der Waals surface area contributed by atoms with Gasteiger partial charge in [-0.3, -0.25) is 4.98 Å². The Balaban J connectivity index is 0.000000609. The average molecular weight is 430 g/mol. The summed E-state index contributed by atoms with van der Waals surface area (Å²) in [6, 6.07) is 6.51. The van der Waals surface area contributed by atoms with Gasteiger partial charge in [0.2, 0.25) is 0 Å². The molecule has 0 bridgehead atoms. The highest BCUT2D eigenvalue weighted by molar-refractivity contribution is 5.02. The Bertz CT molecular complexity index is 555. The van der Waals surface area contributed by atoms with Crippen molar-refractivity contribution < 1.29 is 0 Å². The number of rotatable bonds is 10. The van der Waals surface area contributed by atoms with Crippen LogP contribution in [0, 0.1) is 18.8 Å². The number of hydrogen-bond acceptors (Lipinski definition) is 3. The van der Waals surface area contributed by atoms with E-state index in [1.165, 1.54) is 69.9 Å². The summed E-state index contributed by atoms with van der Waals surface area (Å²) in [6.45, 7) is 18.7. The van der Waals surface area contributed by atoms with Crippen molar-refractivity contribution >= 4 is 0 Å². The van der Waals surface area contributed by atoms with Crippen molar-refractivity contribution in [2.24, 2.45) is 11.8 Å². The molecule has 3 heteroatoms. The molecule has 1 saturated carbocycles. The Kier molecular flexibility index (Phi) is 17.9. The van der Waals surface area contributed by atoms with Crippen molar-refractivity contribution in [1.82, 2.24) is 15.6 Å². The topological polar surface area (TPSA) is 37.0 Å². The first-order valence-corrected chi connectivity index (χ1v) is 12.6. The fourth-order valence-electron chi connectivity index (χ4n) is 4.20. The lowest BCUT2D eigenvalue weighted by Crippen LogP contribution is -2.33. The van der Waals surface area contributed by atoms with E-state index in [0.717, 1.165) is 17.3 Å². The van der Waals surface area contributed by atoms with Crippen LogP contribution in [0.5, 0.6) is 0 Å². The predicted molar refractivity (Wildman–Crippen MR) is 139 cm³/mol. The summed E-state index contributed by atoms with van der Waals surface area (Å²) >= 11 is 0. The van der Waals surface area contributed by atoms with E-state index in [4.69, 9.17) is 0 Å². The maximum atomic E-state index is 4.39. The van der Waals surface area contributed by atoms with E-state index < -0.39 is 0 Å². The largest absolute Gasteiger partial charge is 0.392 e. The molecule has 0 saturated heterocycles. The van der Waals surface area contributed by atoms with Crippen molar-refractivity contribution in [2.75, 3.05) is 7.05 Å². The van der Waals surface area contributed by atoms with Crippen LogP contribution in [0.1, 0.15) is 97.6 Å². The molecule has 0 aromatic carbocycles. The molecule has 2 N–H and O–H groups in total. The number of aromatic nitrogens is 1. The van der Waals surface area contributed by atoms with Gasteiger partial charge in [-0.15, -0.1) is 0 Å². The van der Waals surface area contributed by atoms with Gasteiger partial charge in [0.15, 0.2) is 0 Å². The zero-order chi connectivity index (χ0) is 23.5. The number of allylic oxidation sites excluding steroid dienone is 2. The molecule has 1 atom stereocenters. The second-order valence-electron chi connectivity index (χ2n) is 8.86. The van der Waals surface area contributed by atoms with E-state index in [1.807, 2.05) is 39.1 Å². The summed E-state index contributed by atoms with van der Waals surface area (Å²) in [6.07, 6.45) is 15.3. The van der Waals surface area contributed by atoms with E-state index >= 15 is 0 Å². The molecule has 1 heterocycles. The molecule has 0 radical (unpaired) electrons. The van der Waals surface area contributed by atoms with E-state index in [1.54, 1.807) is 6.20 Å². The lowest BCUT2D eigenvalue weighted by Gasteiger charge is -2.33. The fraction of sp³-hybridized carbons (Fsp3) is 0.679. The first-order chi connectivity index (χ1) is 14.9. The number of pyridine rings is 1. The molecule has 3 nitrogen and oxygen atoms in total. The van der Waals surface area contributed by atoms with Crippen LogP contribution in [0.25, 0.3) is 0 Å². The number of nitrogens with one attached hydrogen (secondary N) is 2. The van der Waals surface area contributed by atoms with Gasteiger partial charge in [-0.1, -0.05) is 72.1 Å². The van der Waals surface area contributed by atoms with Gasteiger partial charge in [0.1, 0.15) is 0 Å². The van der Waals surface area contributed by atoms with Gasteiger partial charge in [-0.2, -0.15) is 0 Å². The second-order valence-corrected chi connectivity index (χ2v) is 8.86. The van der Waals surface area contributed by atoms with Gasteiger partial charge in [-0.05, 0) is 69.7 Å². The third kappa shape index (κ3) is 14.8. The minimum absolute atomic E-state index is 0.653. The quantitative estimate of drug-likeness (QED) is 0.398. The zero-order valence-corrected chi connectivity index (χ0v) is 21.5. The van der Waals surface area contributed by atoms with E-state index in [9.17, 15) is 0 Å². The van der Waals surface area contributed by atoms with Crippen LogP contribution in [0.15, 0.2) is 48.9 Å². The van der Waals surface area contributed by atoms with Gasteiger partial charge in [0.05, 0.1) is 0 Å². The number of aryl methyl sites for hydroxylation is 1. The standard InChI is InChI=1S/C18H35N.C6H7N.C4H9N/c1-5-11-17(12-6-2)19-15(4)18(7-3)16-13-9-8-10-14-16;1-6-4-2-3-5-7-6;1-4(2)5-3/h16-19H,4-14H2,1-3H3;2-5H,1H3;5H,1H2,2-3H3. The van der Waals surface area contributed by atoms with Crippen LogP contribution >= 0.6 is 0 Å². The first-order valence-electron chi connectivity index (χ1n) is 12.6. The normalized spacial score (nSPS) is 14.4. The second kappa shape index (κ2) is 19.0. The smallest absolute Gasteiger partial charge is 0.0372 e. The van der Waals surface area contributed by atoms with Crippen molar-refractivity contribution in [1.29, 1.82) is 0 Å². The third-order valence-electron chi connectivity index (χ3n) is 6.01. The SMILES string of the molecule is C=C(C)NC.C=C(NC(CCC)CCC)C(CC)C1CCCCC1.Cc1ccccn1. The van der Waals surface area contributed by atoms with Crippen LogP contribution < -0.4 is 10.6 Å². The molecule has 1 aliphatic carbocycles. The lowest BCUT2D eigenvalue weighted by molar-refractivity contribution is 0.257. The molecular formula is C28H51N3. The van der Waals surface area contributed by atoms with E-state index in [2.05, 4.69) is 49.5 Å². The van der Waals surface area contributed by atoms with E-state index in [-0.39, 0.29) is 0 Å². The summed E-state index contributed by atoms with van der Waals surface area (Å²) in [7, 11) is 1.85. The van der Waals surface area contributed by atoms with Gasteiger partial charge in [-0.25, -0.2) is 0 Å². The Labute approximate surface area is 194 Å². The van der Waals surface area contributed by atoms with Crippen LogP contribution in [0.4, 0.5) is 0 Å². The highest BCUT2D eigenvalue weighted by Gasteiger charge is 2.25. The Morgan fingerprint density at radius 2 is 1.65 bits per heavy atom. The Hall–Kier alpha value is -1.77. The maximum absolute atomic E-state index is 4.39. The first kappa shape index (κ1) is 29.2. The van der Waals surface area contributed by atoms with Gasteiger partial charge in [0, 0.05) is 36.6 Å². The van der Waals surface area contributed by atoms with Crippen LogP contribution in [0.2, 0.25) is 0 Å². The Morgan fingerprint density at radius 3 is 2.00 bits per heavy atom. The summed E-state index contributed by atoms with van der Waals surface area (Å²) in [4.78, 5) is 3.98. The van der Waals surface area contributed by atoms with Crippen molar-refractivity contribution in [3.05, 3.63) is 54.6 Å². The molecule has 1 aliphatic rings. The fourth-order valence-corrected chi connectivity index (χ4v) is 4.20. The summed E-state index contributed by atoms with van der Waals surface area (Å²) in [5, 5.41) is 6.61. The van der Waals surface area contributed by atoms with Crippen LogP contribution in [-0.2, 0) is 0 Å². The van der Waals surface area contributed by atoms with Gasteiger partial charge < -0.3 is 10.6 Å². The van der Waals surface area contributed by atoms with Crippen LogP contribution in [-0.4, -0.2) is 18.1 Å². The van der Waals surface area contributed by atoms with E-state index in [0.29, 0.717) is 12.0 Å². The number of hydrogen-bond donors (Lipinski definition) is 2. The van der Waals surface area contributed by atoms with Crippen molar-refractivity contribution in [2.45, 2.75) is 105 Å². The molecule has 1 unspecified atom stereocenters. The van der Waals surface area contributed by atoms with Crippen LogP contribution in [0.3, 0.4) is 0 Å². The molecule has 31 heavy (non-hydrogen) atoms. The predicted octanol–water partition coefficient (Wildman–Crippen LogP) is 7.79. The summed E-state index contributed by atoms with van der Waals surface area (Å²) in [5.41, 5.74) is 3.41. The van der Waals surface area contributed by atoms with Gasteiger partial charge in [0.25, 0.3) is 0 Å². The minimum atomic E-state index is 0.653. The molecule has 0 amide bonds. The monoisotopic (exact) mass is 429 g/mol. The Morgan fingerprint density at radius 1 is 1.06 bits per heavy atom. The lowest BCUT2D eigenvalue weighted by atomic mass is 9.77. The highest BCUT2D eigenvalue weighted by Crippen LogP contribution is 2.34. The molecule has 0 spiro atoms. The number of nitrogens with zero attached hydrogens (tertiary/aromatic N) is 1. The summed E-state index contributed by atoms with van der Waals surface area (Å²) < 4.78 is 0. The summed E-state index contributed by atoms with van der Waals surface area (Å²) in [5.74, 6) is 1.60. The van der Waals surface area contributed by atoms with Crippen molar-refractivity contribution in [3.8, 4) is 0 Å². The highest BCUT2D eigenvalue weighted by atomic mass is 14.9. The van der Waals surface area contributed by atoms with Crippen molar-refractivity contribution in [3.63, 3.8) is 0 Å². The molecule has 1 aromatic heterocycles. The third-order valence-corrected chi connectivity index (χ3v) is 6.01. The minimum Gasteiger partial charge on any atom is -0.392 e. The van der Waals surface area contributed by atoms with Gasteiger partial charge >= 0.3 is 0 Å². The molecule has 0 aliphatic heterocycles. The molecule has 1 fully saturated rings. The molecular weight excluding hydrogens is 378 g/mol. The maximum Gasteiger partial charge on any atom is 0.0372 e.